The standard InChI is InChI=1S/C13H17Cl2NO3/c14-10-4-5-11(15)12(8-10)19-9-13(18)16-6-2-1-3-7-17/h4-5,8,17H,1-3,6-7,9H2,(H,16,18). The first kappa shape index (κ1) is 16.1. The van der Waals surface area contributed by atoms with Crippen molar-refractivity contribution in [3.8, 4) is 5.75 Å². The van der Waals surface area contributed by atoms with Crippen molar-refractivity contribution in [2.75, 3.05) is 19.8 Å². The normalized spacial score (nSPS) is 10.3. The Hall–Kier alpha value is -0.970. The van der Waals surface area contributed by atoms with E-state index in [4.69, 9.17) is 33.0 Å². The van der Waals surface area contributed by atoms with Crippen LogP contribution in [0.3, 0.4) is 0 Å². The number of amides is 1. The summed E-state index contributed by atoms with van der Waals surface area (Å²) in [4.78, 5) is 11.5. The van der Waals surface area contributed by atoms with Gasteiger partial charge in [-0.25, -0.2) is 0 Å². The van der Waals surface area contributed by atoms with Crippen molar-refractivity contribution in [1.29, 1.82) is 0 Å². The molecule has 1 rings (SSSR count). The third kappa shape index (κ3) is 6.66. The maximum absolute atomic E-state index is 11.5. The molecule has 0 unspecified atom stereocenters. The van der Waals surface area contributed by atoms with Crippen LogP contribution in [0.4, 0.5) is 0 Å². The van der Waals surface area contributed by atoms with Crippen LogP contribution in [0.1, 0.15) is 19.3 Å². The van der Waals surface area contributed by atoms with Crippen LogP contribution in [0, 0.1) is 0 Å². The first-order valence-corrected chi connectivity index (χ1v) is 6.84. The first-order chi connectivity index (χ1) is 9.13. The largest absolute Gasteiger partial charge is 0.482 e. The number of nitrogens with one attached hydrogen (secondary N) is 1. The van der Waals surface area contributed by atoms with Gasteiger partial charge >= 0.3 is 0 Å². The van der Waals surface area contributed by atoms with Gasteiger partial charge in [-0.15, -0.1) is 0 Å². The van der Waals surface area contributed by atoms with Gasteiger partial charge in [0.25, 0.3) is 5.91 Å². The van der Waals surface area contributed by atoms with E-state index in [-0.39, 0.29) is 19.1 Å². The molecule has 2 N–H and O–H groups in total. The van der Waals surface area contributed by atoms with Gasteiger partial charge in [0, 0.05) is 24.2 Å². The highest BCUT2D eigenvalue weighted by Gasteiger charge is 2.06. The van der Waals surface area contributed by atoms with Gasteiger partial charge in [0.2, 0.25) is 0 Å². The Kier molecular flexibility index (Phi) is 7.63. The maximum atomic E-state index is 11.5. The van der Waals surface area contributed by atoms with Crippen LogP contribution in [0.15, 0.2) is 18.2 Å². The average Bonchev–Trinajstić information content (AvgIpc) is 2.39. The van der Waals surface area contributed by atoms with Gasteiger partial charge in [0.05, 0.1) is 5.02 Å². The van der Waals surface area contributed by atoms with Crippen LogP contribution in [0.2, 0.25) is 10.0 Å². The Labute approximate surface area is 122 Å². The topological polar surface area (TPSA) is 58.6 Å². The molecule has 0 aliphatic carbocycles. The SMILES string of the molecule is O=C(COc1cc(Cl)ccc1Cl)NCCCCCO. The molecule has 106 valence electrons. The lowest BCUT2D eigenvalue weighted by Crippen LogP contribution is -2.29. The lowest BCUT2D eigenvalue weighted by atomic mass is 10.2. The van der Waals surface area contributed by atoms with Crippen molar-refractivity contribution in [3.05, 3.63) is 28.2 Å². The minimum Gasteiger partial charge on any atom is -0.482 e. The molecule has 0 aliphatic heterocycles. The van der Waals surface area contributed by atoms with Crippen LogP contribution in [0.5, 0.6) is 5.75 Å². The van der Waals surface area contributed by atoms with Crippen molar-refractivity contribution in [1.82, 2.24) is 5.32 Å². The van der Waals surface area contributed by atoms with Gasteiger partial charge in [-0.1, -0.05) is 23.2 Å². The number of unbranched alkanes of at least 4 members (excludes halogenated alkanes) is 2. The molecule has 6 heteroatoms. The molecule has 19 heavy (non-hydrogen) atoms. The van der Waals surface area contributed by atoms with Crippen LogP contribution >= 0.6 is 23.2 Å². The third-order valence-corrected chi connectivity index (χ3v) is 2.96. The molecule has 0 bridgehead atoms. The molecule has 0 saturated carbocycles. The predicted octanol–water partition coefficient (Wildman–Crippen LogP) is 2.65. The van der Waals surface area contributed by atoms with Crippen molar-refractivity contribution in [3.63, 3.8) is 0 Å². The number of halogens is 2. The van der Waals surface area contributed by atoms with E-state index in [9.17, 15) is 4.79 Å². The van der Waals surface area contributed by atoms with Gasteiger partial charge in [-0.2, -0.15) is 0 Å². The second-order valence-electron chi connectivity index (χ2n) is 4.00. The summed E-state index contributed by atoms with van der Waals surface area (Å²) in [5.74, 6) is 0.185. The lowest BCUT2D eigenvalue weighted by Gasteiger charge is -2.09. The van der Waals surface area contributed by atoms with E-state index in [1.807, 2.05) is 0 Å². The molecule has 0 fully saturated rings. The highest BCUT2D eigenvalue weighted by Crippen LogP contribution is 2.27. The summed E-state index contributed by atoms with van der Waals surface area (Å²) in [6, 6.07) is 4.84. The number of rotatable bonds is 8. The minimum atomic E-state index is -0.208. The van der Waals surface area contributed by atoms with E-state index in [2.05, 4.69) is 5.32 Å². The second kappa shape index (κ2) is 9.02. The maximum Gasteiger partial charge on any atom is 0.257 e. The van der Waals surface area contributed by atoms with E-state index in [0.717, 1.165) is 19.3 Å². The van der Waals surface area contributed by atoms with Crippen molar-refractivity contribution in [2.24, 2.45) is 0 Å². The van der Waals surface area contributed by atoms with Gasteiger partial charge in [-0.05, 0) is 31.4 Å². The van der Waals surface area contributed by atoms with Crippen LogP contribution in [-0.2, 0) is 4.79 Å². The molecular formula is C13H17Cl2NO3. The van der Waals surface area contributed by atoms with E-state index in [0.29, 0.717) is 22.3 Å². The van der Waals surface area contributed by atoms with E-state index < -0.39 is 0 Å². The summed E-state index contributed by atoms with van der Waals surface area (Å²) in [5, 5.41) is 12.2. The molecule has 0 heterocycles. The minimum absolute atomic E-state index is 0.0972. The molecule has 0 atom stereocenters. The molecule has 0 spiro atoms. The van der Waals surface area contributed by atoms with Crippen LogP contribution in [0.25, 0.3) is 0 Å². The molecule has 0 radical (unpaired) electrons. The first-order valence-electron chi connectivity index (χ1n) is 6.09. The van der Waals surface area contributed by atoms with Crippen LogP contribution in [-0.4, -0.2) is 30.8 Å². The number of aliphatic hydroxyl groups is 1. The van der Waals surface area contributed by atoms with E-state index >= 15 is 0 Å². The molecule has 1 aromatic rings. The average molecular weight is 306 g/mol. The second-order valence-corrected chi connectivity index (χ2v) is 4.84. The third-order valence-electron chi connectivity index (χ3n) is 2.41. The number of ether oxygens (including phenoxy) is 1. The number of benzene rings is 1. The summed E-state index contributed by atoms with van der Waals surface area (Å²) in [6.07, 6.45) is 2.48. The summed E-state index contributed by atoms with van der Waals surface area (Å²) in [7, 11) is 0. The van der Waals surface area contributed by atoms with Crippen LogP contribution < -0.4 is 10.1 Å². The lowest BCUT2D eigenvalue weighted by molar-refractivity contribution is -0.123. The van der Waals surface area contributed by atoms with E-state index in [1.54, 1.807) is 18.2 Å². The monoisotopic (exact) mass is 305 g/mol. The molecular weight excluding hydrogens is 289 g/mol. The van der Waals surface area contributed by atoms with Crippen molar-refractivity contribution < 1.29 is 14.6 Å². The van der Waals surface area contributed by atoms with Gasteiger partial charge in [0.15, 0.2) is 6.61 Å². The molecule has 1 amide bonds. The zero-order chi connectivity index (χ0) is 14.1. The smallest absolute Gasteiger partial charge is 0.257 e. The molecule has 0 aromatic heterocycles. The highest BCUT2D eigenvalue weighted by atomic mass is 35.5. The predicted molar refractivity (Wildman–Crippen MR) is 75.9 cm³/mol. The Balaban J connectivity index is 2.24. The quantitative estimate of drug-likeness (QED) is 0.726. The Morgan fingerprint density at radius 2 is 2.05 bits per heavy atom. The Bertz CT molecular complexity index is 413. The number of carbonyl (C=O) groups excluding carboxylic acids is 1. The molecule has 0 saturated heterocycles. The fourth-order valence-corrected chi connectivity index (χ4v) is 1.76. The number of hydrogen-bond acceptors (Lipinski definition) is 3. The zero-order valence-corrected chi connectivity index (χ0v) is 12.0. The van der Waals surface area contributed by atoms with Crippen molar-refractivity contribution in [2.45, 2.75) is 19.3 Å². The summed E-state index contributed by atoms with van der Waals surface area (Å²) < 4.78 is 5.29. The number of aliphatic hydroxyl groups excluding tert-OH is 1. The number of carbonyl (C=O) groups is 1. The highest BCUT2D eigenvalue weighted by molar-refractivity contribution is 6.34. The Morgan fingerprint density at radius 1 is 1.26 bits per heavy atom. The fraction of sp³-hybridized carbons (Fsp3) is 0.462. The molecule has 0 aliphatic rings. The molecule has 1 aromatic carbocycles. The summed E-state index contributed by atoms with van der Waals surface area (Å²) >= 11 is 11.7. The van der Waals surface area contributed by atoms with Gasteiger partial charge in [-0.3, -0.25) is 4.79 Å². The Morgan fingerprint density at radius 3 is 2.79 bits per heavy atom. The zero-order valence-electron chi connectivity index (χ0n) is 10.5. The van der Waals surface area contributed by atoms with E-state index in [1.165, 1.54) is 0 Å². The summed E-state index contributed by atoms with van der Waals surface area (Å²) in [5.41, 5.74) is 0. The fourth-order valence-electron chi connectivity index (χ4n) is 1.42. The van der Waals surface area contributed by atoms with Gasteiger partial charge < -0.3 is 15.2 Å². The summed E-state index contributed by atoms with van der Waals surface area (Å²) in [6.45, 7) is 0.663. The number of hydrogen-bond donors (Lipinski definition) is 2. The van der Waals surface area contributed by atoms with Gasteiger partial charge in [0.1, 0.15) is 5.75 Å². The van der Waals surface area contributed by atoms with Crippen molar-refractivity contribution >= 4 is 29.1 Å². The molecule has 4 nitrogen and oxygen atoms in total.